The van der Waals surface area contributed by atoms with Crippen LogP contribution < -0.4 is 15.0 Å². The van der Waals surface area contributed by atoms with Crippen LogP contribution in [-0.4, -0.2) is 57.4 Å². The SMILES string of the molecule is Cc1cccc(OCCN(C)C(=O)NCc2ccc(N3CCOCC3)cc2)c1. The third-order valence-electron chi connectivity index (χ3n) is 4.79. The first-order chi connectivity index (χ1) is 13.6. The van der Waals surface area contributed by atoms with Crippen molar-refractivity contribution in [3.63, 3.8) is 0 Å². The summed E-state index contributed by atoms with van der Waals surface area (Å²) in [6.45, 7) is 6.91. The number of carbonyl (C=O) groups is 1. The van der Waals surface area contributed by atoms with Crippen molar-refractivity contribution < 1.29 is 14.3 Å². The zero-order valence-corrected chi connectivity index (χ0v) is 16.7. The minimum atomic E-state index is -0.106. The largest absolute Gasteiger partial charge is 0.492 e. The number of hydrogen-bond donors (Lipinski definition) is 1. The number of anilines is 1. The average Bonchev–Trinajstić information content (AvgIpc) is 2.73. The quantitative estimate of drug-likeness (QED) is 0.798. The predicted octanol–water partition coefficient (Wildman–Crippen LogP) is 3.05. The van der Waals surface area contributed by atoms with Crippen LogP contribution in [0.3, 0.4) is 0 Å². The minimum Gasteiger partial charge on any atom is -0.492 e. The first-order valence-electron chi connectivity index (χ1n) is 9.72. The Morgan fingerprint density at radius 2 is 1.93 bits per heavy atom. The molecule has 0 aliphatic carbocycles. The first kappa shape index (κ1) is 20.0. The number of morpholine rings is 1. The third-order valence-corrected chi connectivity index (χ3v) is 4.79. The van der Waals surface area contributed by atoms with E-state index >= 15 is 0 Å². The van der Waals surface area contributed by atoms with E-state index in [1.807, 2.05) is 31.2 Å². The first-order valence-corrected chi connectivity index (χ1v) is 9.72. The lowest BCUT2D eigenvalue weighted by Gasteiger charge is -2.29. The standard InChI is InChI=1S/C22H29N3O3/c1-18-4-3-5-21(16-18)28-15-10-24(2)22(26)23-17-19-6-8-20(9-7-19)25-11-13-27-14-12-25/h3-9,16H,10-15,17H2,1-2H3,(H,23,26). The molecule has 28 heavy (non-hydrogen) atoms. The van der Waals surface area contributed by atoms with Crippen molar-refractivity contribution in [2.45, 2.75) is 13.5 Å². The van der Waals surface area contributed by atoms with Gasteiger partial charge in [0, 0.05) is 32.4 Å². The number of likely N-dealkylation sites (N-methyl/N-ethyl adjacent to an activating group) is 1. The second-order valence-electron chi connectivity index (χ2n) is 7.01. The lowest BCUT2D eigenvalue weighted by molar-refractivity contribution is 0.122. The van der Waals surface area contributed by atoms with E-state index < -0.39 is 0 Å². The van der Waals surface area contributed by atoms with Gasteiger partial charge in [-0.25, -0.2) is 4.79 Å². The lowest BCUT2D eigenvalue weighted by Crippen LogP contribution is -2.39. The van der Waals surface area contributed by atoms with Gasteiger partial charge in [-0.1, -0.05) is 24.3 Å². The Hall–Kier alpha value is -2.73. The van der Waals surface area contributed by atoms with Gasteiger partial charge in [-0.15, -0.1) is 0 Å². The number of rotatable bonds is 7. The molecule has 1 saturated heterocycles. The summed E-state index contributed by atoms with van der Waals surface area (Å²) >= 11 is 0. The molecule has 1 fully saturated rings. The molecule has 0 atom stereocenters. The second kappa shape index (κ2) is 9.99. The number of carbonyl (C=O) groups excluding carboxylic acids is 1. The van der Waals surface area contributed by atoms with E-state index in [1.165, 1.54) is 5.69 Å². The molecule has 1 aliphatic rings. The highest BCUT2D eigenvalue weighted by Crippen LogP contribution is 2.16. The van der Waals surface area contributed by atoms with Crippen LogP contribution in [-0.2, 0) is 11.3 Å². The van der Waals surface area contributed by atoms with Crippen LogP contribution in [0.1, 0.15) is 11.1 Å². The molecule has 6 nitrogen and oxygen atoms in total. The molecule has 2 amide bonds. The molecule has 0 radical (unpaired) electrons. The summed E-state index contributed by atoms with van der Waals surface area (Å²) in [5.41, 5.74) is 3.43. The van der Waals surface area contributed by atoms with Crippen molar-refractivity contribution >= 4 is 11.7 Å². The van der Waals surface area contributed by atoms with Crippen molar-refractivity contribution in [3.8, 4) is 5.75 Å². The van der Waals surface area contributed by atoms with E-state index in [1.54, 1.807) is 11.9 Å². The molecule has 0 saturated carbocycles. The Balaban J connectivity index is 1.39. The molecule has 6 heteroatoms. The number of amides is 2. The van der Waals surface area contributed by atoms with E-state index in [9.17, 15) is 4.79 Å². The minimum absolute atomic E-state index is 0.106. The zero-order valence-electron chi connectivity index (χ0n) is 16.7. The maximum Gasteiger partial charge on any atom is 0.317 e. The van der Waals surface area contributed by atoms with Crippen LogP contribution >= 0.6 is 0 Å². The van der Waals surface area contributed by atoms with E-state index in [0.717, 1.165) is 43.2 Å². The molecule has 0 unspecified atom stereocenters. The molecular weight excluding hydrogens is 354 g/mol. The summed E-state index contributed by atoms with van der Waals surface area (Å²) in [6, 6.07) is 16.1. The molecule has 150 valence electrons. The lowest BCUT2D eigenvalue weighted by atomic mass is 10.2. The van der Waals surface area contributed by atoms with Crippen LogP contribution in [0, 0.1) is 6.92 Å². The highest BCUT2D eigenvalue weighted by molar-refractivity contribution is 5.73. The number of urea groups is 1. The van der Waals surface area contributed by atoms with Crippen LogP contribution in [0.25, 0.3) is 0 Å². The van der Waals surface area contributed by atoms with Crippen LogP contribution in [0.4, 0.5) is 10.5 Å². The van der Waals surface area contributed by atoms with Gasteiger partial charge in [0.15, 0.2) is 0 Å². The summed E-state index contributed by atoms with van der Waals surface area (Å²) in [5, 5.41) is 2.95. The van der Waals surface area contributed by atoms with Crippen molar-refractivity contribution in [1.29, 1.82) is 0 Å². The fourth-order valence-corrected chi connectivity index (χ4v) is 3.07. The van der Waals surface area contributed by atoms with Crippen LogP contribution in [0.2, 0.25) is 0 Å². The number of nitrogens with one attached hydrogen (secondary N) is 1. The van der Waals surface area contributed by atoms with Gasteiger partial charge in [0.1, 0.15) is 12.4 Å². The van der Waals surface area contributed by atoms with E-state index in [-0.39, 0.29) is 6.03 Å². The van der Waals surface area contributed by atoms with Gasteiger partial charge in [-0.3, -0.25) is 0 Å². The fraction of sp³-hybridized carbons (Fsp3) is 0.409. The normalized spacial score (nSPS) is 13.9. The molecule has 1 aliphatic heterocycles. The maximum atomic E-state index is 12.3. The summed E-state index contributed by atoms with van der Waals surface area (Å²) in [4.78, 5) is 16.2. The van der Waals surface area contributed by atoms with Crippen molar-refractivity contribution in [1.82, 2.24) is 10.2 Å². The molecule has 0 spiro atoms. The van der Waals surface area contributed by atoms with Gasteiger partial charge in [0.25, 0.3) is 0 Å². The molecule has 0 bridgehead atoms. The molecule has 2 aromatic carbocycles. The van der Waals surface area contributed by atoms with Gasteiger partial charge in [0.05, 0.1) is 19.8 Å². The van der Waals surface area contributed by atoms with Gasteiger partial charge < -0.3 is 24.6 Å². The van der Waals surface area contributed by atoms with E-state index in [0.29, 0.717) is 19.7 Å². The monoisotopic (exact) mass is 383 g/mol. The highest BCUT2D eigenvalue weighted by atomic mass is 16.5. The predicted molar refractivity (Wildman–Crippen MR) is 111 cm³/mol. The number of benzene rings is 2. The molecule has 0 aromatic heterocycles. The third kappa shape index (κ3) is 5.89. The van der Waals surface area contributed by atoms with Crippen molar-refractivity contribution in [2.75, 3.05) is 51.4 Å². The molecular formula is C22H29N3O3. The van der Waals surface area contributed by atoms with Crippen LogP contribution in [0.5, 0.6) is 5.75 Å². The Morgan fingerprint density at radius 1 is 1.18 bits per heavy atom. The Kier molecular flexibility index (Phi) is 7.14. The molecule has 3 rings (SSSR count). The number of nitrogens with zero attached hydrogens (tertiary/aromatic N) is 2. The van der Waals surface area contributed by atoms with Crippen molar-refractivity contribution in [2.24, 2.45) is 0 Å². The Bertz CT molecular complexity index is 758. The number of ether oxygens (including phenoxy) is 2. The fourth-order valence-electron chi connectivity index (χ4n) is 3.07. The maximum absolute atomic E-state index is 12.3. The smallest absolute Gasteiger partial charge is 0.317 e. The van der Waals surface area contributed by atoms with E-state index in [2.05, 4.69) is 34.5 Å². The zero-order chi connectivity index (χ0) is 19.8. The van der Waals surface area contributed by atoms with Gasteiger partial charge >= 0.3 is 6.03 Å². The number of aryl methyl sites for hydroxylation is 1. The van der Waals surface area contributed by atoms with E-state index in [4.69, 9.17) is 9.47 Å². The summed E-state index contributed by atoms with van der Waals surface area (Å²) in [7, 11) is 1.77. The molecule has 2 aromatic rings. The highest BCUT2D eigenvalue weighted by Gasteiger charge is 2.11. The molecule has 1 heterocycles. The second-order valence-corrected chi connectivity index (χ2v) is 7.01. The Morgan fingerprint density at radius 3 is 2.64 bits per heavy atom. The van der Waals surface area contributed by atoms with Gasteiger partial charge in [-0.05, 0) is 42.3 Å². The number of hydrogen-bond acceptors (Lipinski definition) is 4. The van der Waals surface area contributed by atoms with Crippen LogP contribution in [0.15, 0.2) is 48.5 Å². The average molecular weight is 383 g/mol. The topological polar surface area (TPSA) is 54.0 Å². The van der Waals surface area contributed by atoms with Crippen molar-refractivity contribution in [3.05, 3.63) is 59.7 Å². The summed E-state index contributed by atoms with van der Waals surface area (Å²) < 4.78 is 11.1. The summed E-state index contributed by atoms with van der Waals surface area (Å²) in [5.74, 6) is 0.828. The van der Waals surface area contributed by atoms with Gasteiger partial charge in [-0.2, -0.15) is 0 Å². The summed E-state index contributed by atoms with van der Waals surface area (Å²) in [6.07, 6.45) is 0. The van der Waals surface area contributed by atoms with Gasteiger partial charge in [0.2, 0.25) is 0 Å². The Labute approximate surface area is 167 Å². The molecule has 1 N–H and O–H groups in total.